The van der Waals surface area contributed by atoms with Crippen molar-refractivity contribution < 1.29 is 9.18 Å². The second-order valence-electron chi connectivity index (χ2n) is 4.38. The molecule has 0 aliphatic carbocycles. The lowest BCUT2D eigenvalue weighted by molar-refractivity contribution is 0.0950. The van der Waals surface area contributed by atoms with Crippen molar-refractivity contribution >= 4 is 34.7 Å². The summed E-state index contributed by atoms with van der Waals surface area (Å²) >= 11 is 10.5. The molecule has 6 heteroatoms. The maximum Gasteiger partial charge on any atom is 0.251 e. The van der Waals surface area contributed by atoms with Gasteiger partial charge in [-0.15, -0.1) is 0 Å². The molecular formula is C15H12ClFN2OS. The normalized spacial score (nSPS) is 10.2. The van der Waals surface area contributed by atoms with Crippen LogP contribution in [0.1, 0.15) is 21.5 Å². The highest BCUT2D eigenvalue weighted by Crippen LogP contribution is 2.15. The highest BCUT2D eigenvalue weighted by atomic mass is 35.5. The van der Waals surface area contributed by atoms with Gasteiger partial charge in [0.25, 0.3) is 5.91 Å². The lowest BCUT2D eigenvalue weighted by Crippen LogP contribution is -2.23. The Labute approximate surface area is 131 Å². The maximum absolute atomic E-state index is 13.3. The number of carbonyl (C=O) groups excluding carboxylic acids is 1. The van der Waals surface area contributed by atoms with Crippen LogP contribution in [0.4, 0.5) is 4.39 Å². The van der Waals surface area contributed by atoms with Crippen LogP contribution >= 0.6 is 23.8 Å². The number of nitrogens with two attached hydrogens (primary N) is 1. The van der Waals surface area contributed by atoms with Crippen molar-refractivity contribution in [1.29, 1.82) is 0 Å². The molecule has 108 valence electrons. The zero-order valence-electron chi connectivity index (χ0n) is 10.9. The third kappa shape index (κ3) is 4.00. The molecule has 0 aliphatic heterocycles. The number of carbonyl (C=O) groups is 1. The molecule has 2 rings (SSSR count). The number of benzene rings is 2. The summed E-state index contributed by atoms with van der Waals surface area (Å²) in [7, 11) is 0. The van der Waals surface area contributed by atoms with Gasteiger partial charge in [0.15, 0.2) is 0 Å². The Morgan fingerprint density at radius 1 is 1.24 bits per heavy atom. The molecule has 0 atom stereocenters. The van der Waals surface area contributed by atoms with Crippen LogP contribution in [-0.4, -0.2) is 10.9 Å². The van der Waals surface area contributed by atoms with Crippen molar-refractivity contribution in [2.45, 2.75) is 6.54 Å². The van der Waals surface area contributed by atoms with Gasteiger partial charge in [0.2, 0.25) is 0 Å². The molecule has 0 fully saturated rings. The summed E-state index contributed by atoms with van der Waals surface area (Å²) in [5.74, 6) is -1.01. The molecule has 0 aliphatic rings. The molecule has 2 aromatic rings. The van der Waals surface area contributed by atoms with Crippen LogP contribution in [-0.2, 0) is 6.54 Å². The lowest BCUT2D eigenvalue weighted by Gasteiger charge is -2.07. The zero-order valence-corrected chi connectivity index (χ0v) is 12.5. The molecular weight excluding hydrogens is 311 g/mol. The van der Waals surface area contributed by atoms with Crippen LogP contribution in [0.15, 0.2) is 42.5 Å². The highest BCUT2D eigenvalue weighted by molar-refractivity contribution is 7.80. The van der Waals surface area contributed by atoms with Gasteiger partial charge in [-0.05, 0) is 29.8 Å². The second kappa shape index (κ2) is 6.65. The molecule has 0 spiro atoms. The largest absolute Gasteiger partial charge is 0.389 e. The molecule has 3 nitrogen and oxygen atoms in total. The summed E-state index contributed by atoms with van der Waals surface area (Å²) in [6.45, 7) is 0.291. The van der Waals surface area contributed by atoms with Crippen molar-refractivity contribution in [3.8, 4) is 0 Å². The first-order chi connectivity index (χ1) is 9.97. The van der Waals surface area contributed by atoms with Crippen molar-refractivity contribution in [2.24, 2.45) is 5.73 Å². The third-order valence-electron chi connectivity index (χ3n) is 2.85. The first-order valence-electron chi connectivity index (χ1n) is 6.09. The molecule has 3 N–H and O–H groups in total. The second-order valence-corrected chi connectivity index (χ2v) is 5.22. The van der Waals surface area contributed by atoms with E-state index < -0.39 is 5.82 Å². The fraction of sp³-hybridized carbons (Fsp3) is 0.0667. The van der Waals surface area contributed by atoms with Gasteiger partial charge in [-0.3, -0.25) is 4.79 Å². The smallest absolute Gasteiger partial charge is 0.251 e. The van der Waals surface area contributed by atoms with E-state index in [9.17, 15) is 9.18 Å². The van der Waals surface area contributed by atoms with Crippen LogP contribution < -0.4 is 11.1 Å². The van der Waals surface area contributed by atoms with Crippen LogP contribution in [0, 0.1) is 5.82 Å². The van der Waals surface area contributed by atoms with Gasteiger partial charge in [0.1, 0.15) is 10.8 Å². The first-order valence-corrected chi connectivity index (χ1v) is 6.88. The topological polar surface area (TPSA) is 55.1 Å². The van der Waals surface area contributed by atoms with E-state index in [1.807, 2.05) is 6.07 Å². The molecule has 0 bridgehead atoms. The molecule has 0 saturated heterocycles. The Kier molecular flexibility index (Phi) is 4.88. The maximum atomic E-state index is 13.3. The number of amides is 1. The summed E-state index contributed by atoms with van der Waals surface area (Å²) < 4.78 is 13.3. The average Bonchev–Trinajstić information content (AvgIpc) is 2.48. The third-order valence-corrected chi connectivity index (χ3v) is 3.39. The van der Waals surface area contributed by atoms with Gasteiger partial charge in [-0.2, -0.15) is 0 Å². The van der Waals surface area contributed by atoms with Gasteiger partial charge in [0.05, 0.1) is 5.02 Å². The van der Waals surface area contributed by atoms with Crippen molar-refractivity contribution in [3.63, 3.8) is 0 Å². The zero-order chi connectivity index (χ0) is 15.4. The van der Waals surface area contributed by atoms with Crippen LogP contribution in [0.3, 0.4) is 0 Å². The average molecular weight is 323 g/mol. The Bertz CT molecular complexity index is 706. The minimum atomic E-state index is -0.625. The summed E-state index contributed by atoms with van der Waals surface area (Å²) in [4.78, 5) is 12.2. The Hall–Kier alpha value is -1.98. The fourth-order valence-corrected chi connectivity index (χ4v) is 2.00. The van der Waals surface area contributed by atoms with Gasteiger partial charge < -0.3 is 11.1 Å². The Morgan fingerprint density at radius 3 is 2.67 bits per heavy atom. The summed E-state index contributed by atoms with van der Waals surface area (Å²) in [5.41, 5.74) is 7.34. The van der Waals surface area contributed by atoms with Crippen LogP contribution in [0.25, 0.3) is 0 Å². The quantitative estimate of drug-likeness (QED) is 0.851. The molecule has 0 radical (unpaired) electrons. The number of nitrogens with one attached hydrogen (secondary N) is 1. The fourth-order valence-electron chi connectivity index (χ4n) is 1.76. The van der Waals surface area contributed by atoms with E-state index in [2.05, 4.69) is 5.32 Å². The van der Waals surface area contributed by atoms with E-state index in [0.29, 0.717) is 11.5 Å². The molecule has 0 aromatic heterocycles. The monoisotopic (exact) mass is 322 g/mol. The molecule has 0 heterocycles. The number of halogens is 2. The summed E-state index contributed by atoms with van der Waals surface area (Å²) in [6.07, 6.45) is 0. The minimum absolute atomic E-state index is 0.0179. The van der Waals surface area contributed by atoms with E-state index in [1.54, 1.807) is 18.2 Å². The predicted octanol–water partition coefficient (Wildman–Crippen LogP) is 3.04. The number of thiocarbonyl (C=S) groups is 1. The SMILES string of the molecule is NC(=S)c1cccc(CNC(=O)c2ccc(Cl)c(F)c2)c1. The molecule has 21 heavy (non-hydrogen) atoms. The van der Waals surface area contributed by atoms with Crippen molar-refractivity contribution in [2.75, 3.05) is 0 Å². The summed E-state index contributed by atoms with van der Waals surface area (Å²) in [6, 6.07) is 11.1. The molecule has 1 amide bonds. The van der Waals surface area contributed by atoms with Gasteiger partial charge in [0, 0.05) is 17.7 Å². The number of hydrogen-bond donors (Lipinski definition) is 2. The van der Waals surface area contributed by atoms with E-state index in [0.717, 1.165) is 17.2 Å². The predicted molar refractivity (Wildman–Crippen MR) is 84.9 cm³/mol. The van der Waals surface area contributed by atoms with Crippen molar-refractivity contribution in [3.05, 3.63) is 70.0 Å². The lowest BCUT2D eigenvalue weighted by atomic mass is 10.1. The van der Waals surface area contributed by atoms with Crippen LogP contribution in [0.5, 0.6) is 0 Å². The molecule has 2 aromatic carbocycles. The van der Waals surface area contributed by atoms with E-state index in [4.69, 9.17) is 29.6 Å². The molecule has 0 saturated carbocycles. The van der Waals surface area contributed by atoms with E-state index in [1.165, 1.54) is 12.1 Å². The highest BCUT2D eigenvalue weighted by Gasteiger charge is 2.09. The minimum Gasteiger partial charge on any atom is -0.389 e. The van der Waals surface area contributed by atoms with Gasteiger partial charge >= 0.3 is 0 Å². The molecule has 0 unspecified atom stereocenters. The van der Waals surface area contributed by atoms with Crippen molar-refractivity contribution in [1.82, 2.24) is 5.32 Å². The van der Waals surface area contributed by atoms with Gasteiger partial charge in [-0.25, -0.2) is 4.39 Å². The van der Waals surface area contributed by atoms with Gasteiger partial charge in [-0.1, -0.05) is 42.0 Å². The Morgan fingerprint density at radius 2 is 2.00 bits per heavy atom. The van der Waals surface area contributed by atoms with E-state index in [-0.39, 0.29) is 16.5 Å². The first kappa shape index (κ1) is 15.4. The van der Waals surface area contributed by atoms with Crippen LogP contribution in [0.2, 0.25) is 5.02 Å². The Balaban J connectivity index is 2.05. The van der Waals surface area contributed by atoms with E-state index >= 15 is 0 Å². The standard InChI is InChI=1S/C15H12ClFN2OS/c16-12-5-4-11(7-13(12)17)15(20)19-8-9-2-1-3-10(6-9)14(18)21/h1-7H,8H2,(H2,18,21)(H,19,20). The summed E-state index contributed by atoms with van der Waals surface area (Å²) in [5, 5.41) is 2.68. The number of rotatable bonds is 4. The number of hydrogen-bond acceptors (Lipinski definition) is 2.